The summed E-state index contributed by atoms with van der Waals surface area (Å²) >= 11 is 0. The van der Waals surface area contributed by atoms with Gasteiger partial charge in [-0.05, 0) is 28.9 Å². The van der Waals surface area contributed by atoms with Crippen LogP contribution in [-0.4, -0.2) is 30.2 Å². The summed E-state index contributed by atoms with van der Waals surface area (Å²) in [6, 6.07) is 10.1. The first-order chi connectivity index (χ1) is 11.6. The SMILES string of the molecule is COc1ccc(-[n+]2noc([O-])c2CN(C)C(=O)c2ccco2)cc1. The van der Waals surface area contributed by atoms with E-state index >= 15 is 0 Å². The third-order valence-corrected chi connectivity index (χ3v) is 3.48. The molecule has 3 aromatic rings. The summed E-state index contributed by atoms with van der Waals surface area (Å²) < 4.78 is 16.3. The van der Waals surface area contributed by atoms with E-state index in [-0.39, 0.29) is 23.9 Å². The fourth-order valence-corrected chi connectivity index (χ4v) is 2.21. The van der Waals surface area contributed by atoms with Crippen molar-refractivity contribution >= 4 is 5.91 Å². The van der Waals surface area contributed by atoms with Crippen LogP contribution in [0, 0.1) is 0 Å². The van der Waals surface area contributed by atoms with Crippen LogP contribution in [0.2, 0.25) is 0 Å². The fraction of sp³-hybridized carbons (Fsp3) is 0.188. The Morgan fingerprint density at radius 1 is 1.33 bits per heavy atom. The Bertz CT molecular complexity index is 824. The quantitative estimate of drug-likeness (QED) is 0.645. The van der Waals surface area contributed by atoms with Crippen LogP contribution in [0.4, 0.5) is 0 Å². The molecule has 0 radical (unpaired) electrons. The van der Waals surface area contributed by atoms with Gasteiger partial charge >= 0.3 is 0 Å². The number of methoxy groups -OCH3 is 1. The first-order valence-electron chi connectivity index (χ1n) is 7.11. The Kier molecular flexibility index (Phi) is 4.19. The Balaban J connectivity index is 1.85. The van der Waals surface area contributed by atoms with Crippen molar-refractivity contribution in [1.82, 2.24) is 10.2 Å². The lowest BCUT2D eigenvalue weighted by molar-refractivity contribution is -0.678. The molecule has 3 rings (SSSR count). The predicted molar refractivity (Wildman–Crippen MR) is 78.5 cm³/mol. The minimum absolute atomic E-state index is 0.0217. The van der Waals surface area contributed by atoms with Crippen molar-refractivity contribution in [3.8, 4) is 17.4 Å². The molecule has 0 aliphatic rings. The molecule has 0 saturated carbocycles. The maximum Gasteiger partial charge on any atom is 0.289 e. The van der Waals surface area contributed by atoms with Crippen LogP contribution in [0.25, 0.3) is 5.69 Å². The van der Waals surface area contributed by atoms with E-state index in [1.54, 1.807) is 50.6 Å². The highest BCUT2D eigenvalue weighted by molar-refractivity contribution is 5.91. The van der Waals surface area contributed by atoms with Gasteiger partial charge in [-0.2, -0.15) is 0 Å². The molecule has 2 aromatic heterocycles. The van der Waals surface area contributed by atoms with Gasteiger partial charge in [-0.1, -0.05) is 0 Å². The predicted octanol–water partition coefficient (Wildman–Crippen LogP) is 0.899. The monoisotopic (exact) mass is 329 g/mol. The van der Waals surface area contributed by atoms with Gasteiger partial charge in [-0.25, -0.2) is 0 Å². The Labute approximate surface area is 137 Å². The minimum Gasteiger partial charge on any atom is -0.539 e. The van der Waals surface area contributed by atoms with Crippen molar-refractivity contribution in [3.05, 3.63) is 54.1 Å². The van der Waals surface area contributed by atoms with Crippen LogP contribution in [0.5, 0.6) is 11.7 Å². The van der Waals surface area contributed by atoms with E-state index in [4.69, 9.17) is 13.7 Å². The molecule has 0 fully saturated rings. The van der Waals surface area contributed by atoms with Crippen LogP contribution >= 0.6 is 0 Å². The summed E-state index contributed by atoms with van der Waals surface area (Å²) in [6.45, 7) is 0.0217. The van der Waals surface area contributed by atoms with E-state index in [1.807, 2.05) is 0 Å². The standard InChI is InChI=1S/C16H15N3O5/c1-18(15(20)14-4-3-9-23-14)10-13-16(21)24-17-19(13)11-5-7-12(22-2)8-6-11/h3-9H,10H2,1-2H3. The number of ether oxygens (including phenoxy) is 1. The number of benzene rings is 1. The molecular formula is C16H15N3O5. The molecule has 2 heterocycles. The van der Waals surface area contributed by atoms with Gasteiger partial charge in [0.1, 0.15) is 12.3 Å². The second kappa shape index (κ2) is 6.45. The summed E-state index contributed by atoms with van der Waals surface area (Å²) in [5.74, 6) is -0.0824. The van der Waals surface area contributed by atoms with Crippen LogP contribution in [0.3, 0.4) is 0 Å². The molecule has 124 valence electrons. The number of nitrogens with zero attached hydrogens (tertiary/aromatic N) is 3. The van der Waals surface area contributed by atoms with Gasteiger partial charge in [0, 0.05) is 19.2 Å². The molecule has 1 amide bonds. The lowest BCUT2D eigenvalue weighted by atomic mass is 10.3. The average Bonchev–Trinajstić information content (AvgIpc) is 3.25. The molecule has 0 unspecified atom stereocenters. The number of carbonyl (C=O) groups excluding carboxylic acids is 1. The second-order valence-corrected chi connectivity index (χ2v) is 5.06. The number of hydrogen-bond acceptors (Lipinski definition) is 6. The molecule has 0 aliphatic heterocycles. The van der Waals surface area contributed by atoms with Gasteiger partial charge in [0.2, 0.25) is 5.69 Å². The second-order valence-electron chi connectivity index (χ2n) is 5.06. The van der Waals surface area contributed by atoms with Crippen molar-refractivity contribution in [2.45, 2.75) is 6.54 Å². The smallest absolute Gasteiger partial charge is 0.289 e. The number of aromatic nitrogens is 2. The molecule has 8 nitrogen and oxygen atoms in total. The molecule has 0 saturated heterocycles. The molecular weight excluding hydrogens is 314 g/mol. The number of hydrogen-bond donors (Lipinski definition) is 0. The Morgan fingerprint density at radius 3 is 2.71 bits per heavy atom. The summed E-state index contributed by atoms with van der Waals surface area (Å²) in [6.07, 6.45) is 1.41. The number of furan rings is 1. The topological polar surface area (TPSA) is 95.6 Å². The van der Waals surface area contributed by atoms with Crippen LogP contribution in [-0.2, 0) is 6.54 Å². The molecule has 1 aromatic carbocycles. The first-order valence-corrected chi connectivity index (χ1v) is 7.11. The van der Waals surface area contributed by atoms with Crippen LogP contribution in [0.1, 0.15) is 16.2 Å². The van der Waals surface area contributed by atoms with E-state index in [2.05, 4.69) is 5.27 Å². The molecule has 0 atom stereocenters. The molecule has 0 N–H and O–H groups in total. The van der Waals surface area contributed by atoms with E-state index in [0.717, 1.165) is 0 Å². The lowest BCUT2D eigenvalue weighted by Gasteiger charge is -2.13. The minimum atomic E-state index is -0.607. The zero-order valence-corrected chi connectivity index (χ0v) is 13.1. The highest BCUT2D eigenvalue weighted by Gasteiger charge is 2.25. The maximum atomic E-state index is 12.2. The van der Waals surface area contributed by atoms with Crippen LogP contribution in [0.15, 0.2) is 51.6 Å². The van der Waals surface area contributed by atoms with Gasteiger partial charge in [-0.3, -0.25) is 4.79 Å². The highest BCUT2D eigenvalue weighted by Crippen LogP contribution is 2.16. The van der Waals surface area contributed by atoms with Crippen molar-refractivity contribution < 1.29 is 28.3 Å². The molecule has 0 aliphatic carbocycles. The molecule has 0 spiro atoms. The van der Waals surface area contributed by atoms with E-state index < -0.39 is 5.95 Å². The number of amides is 1. The van der Waals surface area contributed by atoms with Gasteiger partial charge in [0.25, 0.3) is 11.6 Å². The number of rotatable bonds is 5. The summed E-state index contributed by atoms with van der Waals surface area (Å²) in [5, 5.41) is 15.7. The largest absolute Gasteiger partial charge is 0.539 e. The van der Waals surface area contributed by atoms with Gasteiger partial charge in [0.15, 0.2) is 11.7 Å². The van der Waals surface area contributed by atoms with Crippen molar-refractivity contribution in [3.63, 3.8) is 0 Å². The maximum absolute atomic E-state index is 12.2. The summed E-state index contributed by atoms with van der Waals surface area (Å²) in [5.41, 5.74) is 0.845. The summed E-state index contributed by atoms with van der Waals surface area (Å²) in [4.78, 5) is 13.6. The summed E-state index contributed by atoms with van der Waals surface area (Å²) in [7, 11) is 3.13. The van der Waals surface area contributed by atoms with Crippen molar-refractivity contribution in [1.29, 1.82) is 0 Å². The zero-order valence-electron chi connectivity index (χ0n) is 13.1. The lowest BCUT2D eigenvalue weighted by Crippen LogP contribution is -2.40. The van der Waals surface area contributed by atoms with Crippen LogP contribution < -0.4 is 14.5 Å². The first kappa shape index (κ1) is 15.6. The van der Waals surface area contributed by atoms with Crippen molar-refractivity contribution in [2.24, 2.45) is 0 Å². The normalized spacial score (nSPS) is 10.6. The Morgan fingerprint density at radius 2 is 2.08 bits per heavy atom. The fourth-order valence-electron chi connectivity index (χ4n) is 2.21. The van der Waals surface area contributed by atoms with Gasteiger partial charge < -0.3 is 23.7 Å². The Hall–Kier alpha value is -3.29. The van der Waals surface area contributed by atoms with Gasteiger partial charge in [0.05, 0.1) is 18.6 Å². The average molecular weight is 329 g/mol. The highest BCUT2D eigenvalue weighted by atomic mass is 16.6. The molecule has 8 heteroatoms. The van der Waals surface area contributed by atoms with E-state index in [9.17, 15) is 9.90 Å². The van der Waals surface area contributed by atoms with Gasteiger partial charge in [-0.15, -0.1) is 0 Å². The third-order valence-electron chi connectivity index (χ3n) is 3.48. The van der Waals surface area contributed by atoms with E-state index in [0.29, 0.717) is 11.4 Å². The molecule has 24 heavy (non-hydrogen) atoms. The van der Waals surface area contributed by atoms with E-state index in [1.165, 1.54) is 15.8 Å². The number of carbonyl (C=O) groups is 1. The third kappa shape index (κ3) is 2.94. The van der Waals surface area contributed by atoms with Crippen molar-refractivity contribution in [2.75, 3.05) is 14.2 Å². The molecule has 0 bridgehead atoms. The zero-order chi connectivity index (χ0) is 17.1.